The zero-order valence-electron chi connectivity index (χ0n) is 37.7. The Bertz CT molecular complexity index is 977. The van der Waals surface area contributed by atoms with Crippen LogP contribution in [0.3, 0.4) is 0 Å². The minimum atomic E-state index is -4.76. The van der Waals surface area contributed by atoms with Gasteiger partial charge in [0.25, 0.3) is 0 Å². The van der Waals surface area contributed by atoms with Crippen molar-refractivity contribution < 1.29 is 32.8 Å². The van der Waals surface area contributed by atoms with Gasteiger partial charge in [-0.15, -0.1) is 34.8 Å². The number of nitrogens with zero attached hydrogens (tertiary/aromatic N) is 3. The van der Waals surface area contributed by atoms with Crippen molar-refractivity contribution >= 4 is 60.3 Å². The highest BCUT2D eigenvalue weighted by atomic mass is 35.5. The number of halogens is 3. The molecule has 0 aromatic rings. The highest BCUT2D eigenvalue weighted by molar-refractivity contribution is 7.48. The van der Waals surface area contributed by atoms with Crippen LogP contribution in [0.15, 0.2) is 0 Å². The molecule has 0 aromatic heterocycles. The molecule has 0 aliphatic rings. The summed E-state index contributed by atoms with van der Waals surface area (Å²) in [6, 6.07) is 0. The fourth-order valence-electron chi connectivity index (χ4n) is 6.57. The molecule has 0 saturated carbocycles. The molecule has 0 radical (unpaired) electrons. The van der Waals surface area contributed by atoms with E-state index in [4.69, 9.17) is 48.7 Å². The number of amides is 3. The number of carbonyl (C=O) groups excluding carboxylic acids is 3. The lowest BCUT2D eigenvalue weighted by atomic mass is 10.1. The van der Waals surface area contributed by atoms with E-state index in [1.807, 2.05) is 0 Å². The summed E-state index contributed by atoms with van der Waals surface area (Å²) in [4.78, 5) is 38.7. The van der Waals surface area contributed by atoms with E-state index >= 15 is 4.57 Å². The van der Waals surface area contributed by atoms with Crippen LogP contribution in [0.4, 0.5) is 0 Å². The molecule has 59 heavy (non-hydrogen) atoms. The second-order valence-electron chi connectivity index (χ2n) is 15.4. The molecule has 0 fully saturated rings. The van der Waals surface area contributed by atoms with Crippen molar-refractivity contribution in [3.8, 4) is 0 Å². The average molecular weight is 923 g/mol. The predicted molar refractivity (Wildman–Crippen MR) is 244 cm³/mol. The molecule has 3 atom stereocenters. The van der Waals surface area contributed by atoms with E-state index in [0.717, 1.165) is 116 Å². The van der Waals surface area contributed by atoms with Gasteiger partial charge in [-0.2, -0.15) is 29.1 Å². The molecular formula is C42H84Cl3N6O7P. The zero-order chi connectivity index (χ0) is 44.2. The van der Waals surface area contributed by atoms with Crippen molar-refractivity contribution in [1.82, 2.24) is 31.1 Å². The van der Waals surface area contributed by atoms with E-state index in [9.17, 15) is 14.4 Å². The Balaban J connectivity index is 7.68. The smallest absolute Gasteiger partial charge is 0.337 e. The molecule has 0 heterocycles. The first-order chi connectivity index (χ1) is 28.5. The summed E-state index contributed by atoms with van der Waals surface area (Å²) in [5, 5.41) is 13.6. The molecular weight excluding hydrogens is 838 g/mol. The third-order valence-electron chi connectivity index (χ3n) is 9.94. The summed E-state index contributed by atoms with van der Waals surface area (Å²) >= 11 is 18.1. The minimum Gasteiger partial charge on any atom is -0.337 e. The predicted octanol–water partition coefficient (Wildman–Crippen LogP) is 11.3. The number of phosphoric acid groups is 1. The Labute approximate surface area is 374 Å². The summed E-state index contributed by atoms with van der Waals surface area (Å²) in [5.74, 6) is -1.93. The first kappa shape index (κ1) is 58.3. The maximum atomic E-state index is 15.9. The number of hydrogen-bond acceptors (Lipinski definition) is 10. The molecule has 0 aromatic carbocycles. The van der Waals surface area contributed by atoms with Crippen molar-refractivity contribution in [1.29, 1.82) is 0 Å². The minimum absolute atomic E-state index is 0.255. The Morgan fingerprint density at radius 3 is 0.881 bits per heavy atom. The monoisotopic (exact) mass is 921 g/mol. The molecule has 3 unspecified atom stereocenters. The Morgan fingerprint density at radius 1 is 0.424 bits per heavy atom. The topological polar surface area (TPSA) is 142 Å². The fourth-order valence-corrected chi connectivity index (χ4v) is 8.25. The van der Waals surface area contributed by atoms with Gasteiger partial charge in [-0.05, 0) is 57.8 Å². The van der Waals surface area contributed by atoms with E-state index < -0.39 is 26.3 Å². The standard InChI is InChI=1S/C42H84Cl3N6O7P/c1-7-13-19-25-31-49(37(28-22-16-10-4)46-40(52)34-43)56-59(55,57-50(32-26-20-14-8-2)38(29-23-17-11-5)47-41(53)35-44)58-51(33-27-21-15-9-3)39(30-24-18-12-6)48-42(54)36-45/h37-39H,7-36H2,1-6H3,(H,46,52)(H,47,53)(H,48,54). The normalized spacial score (nSPS) is 14.4. The van der Waals surface area contributed by atoms with E-state index in [1.54, 1.807) is 0 Å². The SMILES string of the molecule is CCCCCCN(OP(=O)(ON(CCCCCC)C(CCCCC)NC(=O)CCl)ON(CCCCCC)C(CCCCC)NC(=O)CCl)C(CCCCC)NC(=O)CCl. The van der Waals surface area contributed by atoms with Crippen LogP contribution in [0.5, 0.6) is 0 Å². The number of hydrogen-bond donors (Lipinski definition) is 3. The van der Waals surface area contributed by atoms with Gasteiger partial charge in [0.2, 0.25) is 17.7 Å². The number of alkyl halides is 3. The van der Waals surface area contributed by atoms with Crippen molar-refractivity contribution in [2.24, 2.45) is 0 Å². The van der Waals surface area contributed by atoms with Gasteiger partial charge in [0.15, 0.2) is 0 Å². The van der Waals surface area contributed by atoms with Gasteiger partial charge in [0.1, 0.15) is 36.1 Å². The molecule has 13 nitrogen and oxygen atoms in total. The summed E-state index contributed by atoms with van der Waals surface area (Å²) in [6.07, 6.45) is 18.1. The van der Waals surface area contributed by atoms with Crippen molar-refractivity contribution in [2.75, 3.05) is 37.3 Å². The van der Waals surface area contributed by atoms with Gasteiger partial charge < -0.3 is 16.0 Å². The molecule has 0 spiro atoms. The highest BCUT2D eigenvalue weighted by Crippen LogP contribution is 2.53. The molecule has 0 bridgehead atoms. The largest absolute Gasteiger partial charge is 0.525 e. The molecule has 3 amide bonds. The van der Waals surface area contributed by atoms with E-state index in [1.165, 1.54) is 15.2 Å². The number of carbonyl (C=O) groups is 3. The van der Waals surface area contributed by atoms with Crippen molar-refractivity contribution in [3.05, 3.63) is 0 Å². The molecule has 17 heteroatoms. The van der Waals surface area contributed by atoms with E-state index in [0.29, 0.717) is 58.2 Å². The molecule has 0 aliphatic carbocycles. The molecule has 3 N–H and O–H groups in total. The number of rotatable bonds is 42. The van der Waals surface area contributed by atoms with Crippen LogP contribution >= 0.6 is 42.6 Å². The van der Waals surface area contributed by atoms with Gasteiger partial charge in [0, 0.05) is 19.6 Å². The van der Waals surface area contributed by atoms with Crippen LogP contribution in [0.1, 0.15) is 196 Å². The lowest BCUT2D eigenvalue weighted by Crippen LogP contribution is -2.52. The maximum Gasteiger partial charge on any atom is 0.525 e. The van der Waals surface area contributed by atoms with Crippen LogP contribution < -0.4 is 16.0 Å². The first-order valence-electron chi connectivity index (χ1n) is 23.1. The van der Waals surface area contributed by atoms with Gasteiger partial charge in [0.05, 0.1) is 0 Å². The van der Waals surface area contributed by atoms with Gasteiger partial charge >= 0.3 is 7.82 Å². The molecule has 0 aliphatic heterocycles. The Morgan fingerprint density at radius 2 is 0.661 bits per heavy atom. The highest BCUT2D eigenvalue weighted by Gasteiger charge is 2.42. The second-order valence-corrected chi connectivity index (χ2v) is 17.6. The fraction of sp³-hybridized carbons (Fsp3) is 0.929. The maximum absolute atomic E-state index is 15.9. The quantitative estimate of drug-likeness (QED) is 0.0178. The van der Waals surface area contributed by atoms with Crippen molar-refractivity contribution in [2.45, 2.75) is 214 Å². The summed E-state index contributed by atoms with van der Waals surface area (Å²) < 4.78 is 35.7. The van der Waals surface area contributed by atoms with Gasteiger partial charge in [-0.3, -0.25) is 14.4 Å². The number of hydroxylamine groups is 6. The van der Waals surface area contributed by atoms with Crippen molar-refractivity contribution in [3.63, 3.8) is 0 Å². The second kappa shape index (κ2) is 38.9. The molecule has 0 saturated heterocycles. The van der Waals surface area contributed by atoms with Gasteiger partial charge in [-0.1, -0.05) is 138 Å². The van der Waals surface area contributed by atoms with Crippen LogP contribution in [0, 0.1) is 0 Å². The summed E-state index contributed by atoms with van der Waals surface area (Å²) in [7, 11) is -4.76. The van der Waals surface area contributed by atoms with Crippen LogP contribution in [-0.4, -0.2) is 88.7 Å². The third-order valence-corrected chi connectivity index (χ3v) is 11.9. The lowest BCUT2D eigenvalue weighted by molar-refractivity contribution is -0.222. The molecule has 350 valence electrons. The number of unbranched alkanes of at least 4 members (excludes halogenated alkanes) is 15. The van der Waals surface area contributed by atoms with E-state index in [2.05, 4.69) is 57.5 Å². The Hall–Kier alpha value is -0.730. The van der Waals surface area contributed by atoms with Crippen LogP contribution in [0.2, 0.25) is 0 Å². The first-order valence-corrected chi connectivity index (χ1v) is 26.1. The summed E-state index contributed by atoms with van der Waals surface area (Å²) in [5.41, 5.74) is 0. The van der Waals surface area contributed by atoms with Crippen LogP contribution in [0.25, 0.3) is 0 Å². The number of nitrogens with one attached hydrogen (secondary N) is 3. The lowest BCUT2D eigenvalue weighted by Gasteiger charge is -2.39. The Kier molecular flexibility index (Phi) is 38.4. The zero-order valence-corrected chi connectivity index (χ0v) is 40.9. The third kappa shape index (κ3) is 29.3. The van der Waals surface area contributed by atoms with Gasteiger partial charge in [-0.25, -0.2) is 4.57 Å². The van der Waals surface area contributed by atoms with E-state index in [-0.39, 0.29) is 35.4 Å². The van der Waals surface area contributed by atoms with Crippen LogP contribution in [-0.2, 0) is 32.8 Å². The summed E-state index contributed by atoms with van der Waals surface area (Å²) in [6.45, 7) is 13.6. The average Bonchev–Trinajstić information content (AvgIpc) is 3.23. The molecule has 0 rings (SSSR count).